The van der Waals surface area contributed by atoms with Gasteiger partial charge >= 0.3 is 15.0 Å². The first-order chi connectivity index (χ1) is 10.0. The van der Waals surface area contributed by atoms with Crippen LogP contribution in [0.3, 0.4) is 0 Å². The minimum absolute atomic E-state index is 0.349. The molecule has 0 aromatic heterocycles. The van der Waals surface area contributed by atoms with Gasteiger partial charge in [-0.1, -0.05) is 6.58 Å². The Hall–Kier alpha value is -0.733. The molecule has 0 bridgehead atoms. The fourth-order valence-corrected chi connectivity index (χ4v) is 3.42. The number of ether oxygens (including phenoxy) is 1. The summed E-state index contributed by atoms with van der Waals surface area (Å²) >= 11 is 0. The molecule has 0 saturated carbocycles. The highest BCUT2D eigenvalue weighted by Gasteiger charge is 2.44. The van der Waals surface area contributed by atoms with Crippen molar-refractivity contribution in [1.29, 1.82) is 0 Å². The quantitative estimate of drug-likeness (QED) is 0.225. The zero-order chi connectivity index (χ0) is 16.1. The van der Waals surface area contributed by atoms with Gasteiger partial charge in [-0.15, -0.1) is 0 Å². The predicted molar refractivity (Wildman–Crippen MR) is 81.6 cm³/mol. The Morgan fingerprint density at radius 1 is 0.905 bits per heavy atom. The summed E-state index contributed by atoms with van der Waals surface area (Å²) in [6.07, 6.45) is 1.43. The lowest BCUT2D eigenvalue weighted by molar-refractivity contribution is -0.139. The molecule has 0 aromatic rings. The van der Waals surface area contributed by atoms with Crippen molar-refractivity contribution < 1.29 is 27.2 Å². The molecule has 0 N–H and O–H groups in total. The molecule has 0 radical (unpaired) electrons. The van der Waals surface area contributed by atoms with Crippen LogP contribution in [0.4, 0.5) is 0 Å². The number of unbranched alkanes of at least 4 members (excludes halogenated alkanes) is 1. The normalized spacial score (nSPS) is 11.4. The van der Waals surface area contributed by atoms with Crippen LogP contribution in [0.1, 0.15) is 40.5 Å². The molecule has 6 nitrogen and oxygen atoms in total. The van der Waals surface area contributed by atoms with E-state index >= 15 is 0 Å². The predicted octanol–water partition coefficient (Wildman–Crippen LogP) is 2.45. The molecule has 0 unspecified atom stereocenters. The van der Waals surface area contributed by atoms with Crippen LogP contribution in [0.25, 0.3) is 0 Å². The second kappa shape index (κ2) is 11.9. The van der Waals surface area contributed by atoms with Gasteiger partial charge in [-0.2, -0.15) is 0 Å². The van der Waals surface area contributed by atoms with E-state index in [1.165, 1.54) is 0 Å². The molecule has 0 fully saturated rings. The third-order valence-electron chi connectivity index (χ3n) is 2.36. The lowest BCUT2D eigenvalue weighted by atomic mass is 10.3. The number of hydrogen-bond donors (Lipinski definition) is 0. The Kier molecular flexibility index (Phi) is 11.5. The van der Waals surface area contributed by atoms with E-state index in [9.17, 15) is 4.79 Å². The molecule has 0 heterocycles. The van der Waals surface area contributed by atoms with Gasteiger partial charge in [0.15, 0.2) is 0 Å². The monoisotopic (exact) mass is 320 g/mol. The van der Waals surface area contributed by atoms with Gasteiger partial charge in [-0.05, 0) is 40.5 Å². The first-order valence-corrected chi connectivity index (χ1v) is 9.03. The van der Waals surface area contributed by atoms with Gasteiger partial charge in [0.05, 0.1) is 6.61 Å². The standard InChI is InChI=1S/C14H28O6Si/c1-6-17-21(18-7-2,19-8-3)20-12-10-9-11-16-14(15)13(4)5/h4,6-12H2,1-3,5H3. The van der Waals surface area contributed by atoms with Gasteiger partial charge in [0, 0.05) is 32.0 Å². The van der Waals surface area contributed by atoms with E-state index in [2.05, 4.69) is 6.58 Å². The number of hydrogen-bond acceptors (Lipinski definition) is 6. The van der Waals surface area contributed by atoms with E-state index in [0.29, 0.717) is 45.0 Å². The average Bonchev–Trinajstić information content (AvgIpc) is 2.43. The van der Waals surface area contributed by atoms with Crippen LogP contribution in [0.2, 0.25) is 0 Å². The highest BCUT2D eigenvalue weighted by atomic mass is 28.4. The number of esters is 1. The lowest BCUT2D eigenvalue weighted by Gasteiger charge is -2.26. The largest absolute Gasteiger partial charge is 0.679 e. The van der Waals surface area contributed by atoms with E-state index in [1.807, 2.05) is 20.8 Å². The van der Waals surface area contributed by atoms with Crippen molar-refractivity contribution in [3.63, 3.8) is 0 Å². The highest BCUT2D eigenvalue weighted by Crippen LogP contribution is 2.13. The maximum absolute atomic E-state index is 11.2. The Labute approximate surface area is 128 Å². The zero-order valence-electron chi connectivity index (χ0n) is 13.6. The van der Waals surface area contributed by atoms with Crippen molar-refractivity contribution in [2.24, 2.45) is 0 Å². The summed E-state index contributed by atoms with van der Waals surface area (Å²) in [7, 11) is -3.02. The smallest absolute Gasteiger partial charge is 0.462 e. The summed E-state index contributed by atoms with van der Waals surface area (Å²) in [5, 5.41) is 0. The van der Waals surface area contributed by atoms with Crippen molar-refractivity contribution in [2.45, 2.75) is 40.5 Å². The topological polar surface area (TPSA) is 63.2 Å². The molecule has 0 aliphatic rings. The molecule has 0 atom stereocenters. The van der Waals surface area contributed by atoms with Crippen LogP contribution in [-0.4, -0.2) is 48.1 Å². The maximum atomic E-state index is 11.2. The van der Waals surface area contributed by atoms with Crippen molar-refractivity contribution in [1.82, 2.24) is 0 Å². The van der Waals surface area contributed by atoms with E-state index in [0.717, 1.165) is 6.42 Å². The zero-order valence-corrected chi connectivity index (χ0v) is 14.6. The Bertz CT molecular complexity index is 291. The van der Waals surface area contributed by atoms with E-state index in [4.69, 9.17) is 22.4 Å². The summed E-state index contributed by atoms with van der Waals surface area (Å²) in [5.41, 5.74) is 0.404. The van der Waals surface area contributed by atoms with Crippen LogP contribution < -0.4 is 0 Å². The lowest BCUT2D eigenvalue weighted by Crippen LogP contribution is -2.49. The third kappa shape index (κ3) is 9.00. The third-order valence-corrected chi connectivity index (χ3v) is 4.85. The molecule has 0 aromatic carbocycles. The van der Waals surface area contributed by atoms with Gasteiger partial charge in [0.25, 0.3) is 0 Å². The second-order valence-electron chi connectivity index (χ2n) is 4.27. The van der Waals surface area contributed by atoms with Crippen molar-refractivity contribution in [3.8, 4) is 0 Å². The molecule has 0 aliphatic heterocycles. The van der Waals surface area contributed by atoms with Crippen LogP contribution in [-0.2, 0) is 27.2 Å². The molecule has 0 saturated heterocycles. The maximum Gasteiger partial charge on any atom is 0.679 e. The molecular weight excluding hydrogens is 292 g/mol. The molecule has 0 spiro atoms. The molecule has 21 heavy (non-hydrogen) atoms. The Morgan fingerprint density at radius 2 is 1.38 bits per heavy atom. The van der Waals surface area contributed by atoms with Crippen molar-refractivity contribution in [2.75, 3.05) is 33.0 Å². The SMILES string of the molecule is C=C(C)C(=O)OCCCCO[Si](OCC)(OCC)OCC. The van der Waals surface area contributed by atoms with E-state index in [-0.39, 0.29) is 5.97 Å². The van der Waals surface area contributed by atoms with Gasteiger partial charge in [0.1, 0.15) is 0 Å². The molecular formula is C14H28O6Si. The molecule has 7 heteroatoms. The van der Waals surface area contributed by atoms with Crippen molar-refractivity contribution >= 4 is 15.0 Å². The summed E-state index contributed by atoms with van der Waals surface area (Å²) in [4.78, 5) is 11.2. The summed E-state index contributed by atoms with van der Waals surface area (Å²) < 4.78 is 27.4. The Morgan fingerprint density at radius 3 is 1.81 bits per heavy atom. The van der Waals surface area contributed by atoms with Gasteiger partial charge < -0.3 is 22.4 Å². The van der Waals surface area contributed by atoms with Crippen LogP contribution in [0, 0.1) is 0 Å². The highest BCUT2D eigenvalue weighted by molar-refractivity contribution is 6.53. The molecule has 124 valence electrons. The number of carbonyl (C=O) groups excluding carboxylic acids is 1. The van der Waals surface area contributed by atoms with E-state index in [1.54, 1.807) is 6.92 Å². The summed E-state index contributed by atoms with van der Waals surface area (Å²) in [5.74, 6) is -0.363. The number of carbonyl (C=O) groups is 1. The second-order valence-corrected chi connectivity index (χ2v) is 6.43. The fraction of sp³-hybridized carbons (Fsp3) is 0.786. The van der Waals surface area contributed by atoms with Crippen LogP contribution in [0.15, 0.2) is 12.2 Å². The average molecular weight is 320 g/mol. The minimum atomic E-state index is -3.02. The molecule has 0 rings (SSSR count). The summed E-state index contributed by atoms with van der Waals surface area (Å²) in [6.45, 7) is 13.0. The first kappa shape index (κ1) is 20.3. The summed E-state index contributed by atoms with van der Waals surface area (Å²) in [6, 6.07) is 0. The van der Waals surface area contributed by atoms with Crippen LogP contribution in [0.5, 0.6) is 0 Å². The van der Waals surface area contributed by atoms with Gasteiger partial charge in [0.2, 0.25) is 0 Å². The fourth-order valence-electron chi connectivity index (χ4n) is 1.47. The Balaban J connectivity index is 4.01. The van der Waals surface area contributed by atoms with Crippen molar-refractivity contribution in [3.05, 3.63) is 12.2 Å². The first-order valence-electron chi connectivity index (χ1n) is 7.39. The molecule has 0 amide bonds. The van der Waals surface area contributed by atoms with Gasteiger partial charge in [-0.25, -0.2) is 4.79 Å². The minimum Gasteiger partial charge on any atom is -0.462 e. The van der Waals surface area contributed by atoms with E-state index < -0.39 is 9.05 Å². The number of rotatable bonds is 13. The van der Waals surface area contributed by atoms with Gasteiger partial charge in [-0.3, -0.25) is 0 Å². The van der Waals surface area contributed by atoms with Crippen LogP contribution >= 0.6 is 0 Å². The molecule has 0 aliphatic carbocycles.